The molecule has 2 aliphatic carbocycles. The summed E-state index contributed by atoms with van der Waals surface area (Å²) in [6, 6.07) is 4.27. The Balaban J connectivity index is 2.22. The molecule has 0 aliphatic heterocycles. The number of hydrogen-bond donors (Lipinski definition) is 1. The third-order valence-corrected chi connectivity index (χ3v) is 5.87. The van der Waals surface area contributed by atoms with Crippen LogP contribution in [0.3, 0.4) is 0 Å². The summed E-state index contributed by atoms with van der Waals surface area (Å²) in [4.78, 5) is 0. The van der Waals surface area contributed by atoms with E-state index in [2.05, 4.69) is 32.6 Å². The molecule has 3 unspecified atom stereocenters. The highest BCUT2D eigenvalue weighted by Crippen LogP contribution is 2.49. The van der Waals surface area contributed by atoms with Crippen LogP contribution < -0.4 is 4.74 Å². The molecule has 3 atom stereocenters. The van der Waals surface area contributed by atoms with Crippen LogP contribution in [-0.2, 0) is 11.8 Å². The lowest BCUT2D eigenvalue weighted by Gasteiger charge is -2.47. The number of ether oxygens (including phenoxy) is 1. The van der Waals surface area contributed by atoms with E-state index in [1.165, 1.54) is 36.0 Å². The zero-order valence-electron chi connectivity index (χ0n) is 14.1. The smallest absolute Gasteiger partial charge is 0.119 e. The molecule has 0 radical (unpaired) electrons. The van der Waals surface area contributed by atoms with E-state index in [9.17, 15) is 5.11 Å². The van der Waals surface area contributed by atoms with Gasteiger partial charge in [0.1, 0.15) is 5.75 Å². The van der Waals surface area contributed by atoms with Crippen molar-refractivity contribution in [2.75, 3.05) is 7.11 Å². The van der Waals surface area contributed by atoms with Gasteiger partial charge in [0.25, 0.3) is 0 Å². The third kappa shape index (κ3) is 2.38. The van der Waals surface area contributed by atoms with Gasteiger partial charge in [-0.25, -0.2) is 0 Å². The fourth-order valence-corrected chi connectivity index (χ4v) is 4.54. The highest BCUT2D eigenvalue weighted by molar-refractivity contribution is 5.69. The first-order valence-electron chi connectivity index (χ1n) is 8.52. The van der Waals surface area contributed by atoms with Crippen molar-refractivity contribution in [3.05, 3.63) is 35.4 Å². The van der Waals surface area contributed by atoms with Crippen LogP contribution in [0.1, 0.15) is 62.6 Å². The molecule has 1 aromatic carbocycles. The molecule has 22 heavy (non-hydrogen) atoms. The van der Waals surface area contributed by atoms with Gasteiger partial charge in [-0.3, -0.25) is 0 Å². The maximum atomic E-state index is 11.0. The molecule has 0 saturated heterocycles. The number of allylic oxidation sites excluding steroid dienone is 1. The van der Waals surface area contributed by atoms with Gasteiger partial charge in [0, 0.05) is 5.41 Å². The van der Waals surface area contributed by atoms with Gasteiger partial charge in [0.05, 0.1) is 13.2 Å². The summed E-state index contributed by atoms with van der Waals surface area (Å²) in [6.45, 7) is 8.48. The van der Waals surface area contributed by atoms with Crippen LogP contribution in [-0.4, -0.2) is 18.3 Å². The Hall–Kier alpha value is -1.28. The molecule has 2 heteroatoms. The number of methoxy groups -OCH3 is 1. The minimum Gasteiger partial charge on any atom is -0.497 e. The summed E-state index contributed by atoms with van der Waals surface area (Å²) in [5.74, 6) is 1.26. The van der Waals surface area contributed by atoms with Crippen molar-refractivity contribution in [3.8, 4) is 5.75 Å². The second kappa shape index (κ2) is 5.73. The summed E-state index contributed by atoms with van der Waals surface area (Å²) in [6.07, 6.45) is 6.64. The number of benzene rings is 1. The van der Waals surface area contributed by atoms with Crippen molar-refractivity contribution in [2.45, 2.75) is 63.9 Å². The van der Waals surface area contributed by atoms with Crippen molar-refractivity contribution in [1.82, 2.24) is 0 Å². The van der Waals surface area contributed by atoms with Crippen LogP contribution in [0.15, 0.2) is 18.7 Å². The van der Waals surface area contributed by atoms with Gasteiger partial charge in [-0.1, -0.05) is 38.3 Å². The maximum absolute atomic E-state index is 11.0. The van der Waals surface area contributed by atoms with E-state index < -0.39 is 0 Å². The fraction of sp³-hybridized carbons (Fsp3) is 0.600. The fourth-order valence-electron chi connectivity index (χ4n) is 4.54. The lowest BCUT2D eigenvalue weighted by Crippen LogP contribution is -2.47. The minimum atomic E-state index is -0.245. The molecule has 1 aromatic rings. The summed E-state index contributed by atoms with van der Waals surface area (Å²) >= 11 is 0. The Morgan fingerprint density at radius 1 is 1.32 bits per heavy atom. The van der Waals surface area contributed by atoms with Gasteiger partial charge < -0.3 is 9.84 Å². The first-order valence-corrected chi connectivity index (χ1v) is 8.52. The monoisotopic (exact) mass is 300 g/mol. The van der Waals surface area contributed by atoms with Crippen LogP contribution >= 0.6 is 0 Å². The lowest BCUT2D eigenvalue weighted by atomic mass is 9.60. The van der Waals surface area contributed by atoms with Gasteiger partial charge in [-0.05, 0) is 60.9 Å². The summed E-state index contributed by atoms with van der Waals surface area (Å²) in [5.41, 5.74) is 4.84. The number of aliphatic hydroxyl groups is 1. The highest BCUT2D eigenvalue weighted by atomic mass is 16.5. The van der Waals surface area contributed by atoms with E-state index in [0.717, 1.165) is 30.6 Å². The second-order valence-corrected chi connectivity index (χ2v) is 7.41. The average Bonchev–Trinajstić information content (AvgIpc) is 2.50. The Kier molecular flexibility index (Phi) is 4.07. The first-order chi connectivity index (χ1) is 10.5. The molecular weight excluding hydrogens is 272 g/mol. The number of aliphatic hydroxyl groups excluding tert-OH is 1. The Labute approximate surface area is 134 Å². The number of hydrogen-bond acceptors (Lipinski definition) is 2. The van der Waals surface area contributed by atoms with Crippen molar-refractivity contribution >= 4 is 5.57 Å². The number of rotatable bonds is 2. The van der Waals surface area contributed by atoms with Crippen LogP contribution in [0.5, 0.6) is 5.75 Å². The molecule has 1 N–H and O–H groups in total. The molecule has 2 nitrogen and oxygen atoms in total. The number of fused-ring (bicyclic) bond motifs is 4. The summed E-state index contributed by atoms with van der Waals surface area (Å²) in [7, 11) is 1.71. The van der Waals surface area contributed by atoms with Gasteiger partial charge >= 0.3 is 0 Å². The van der Waals surface area contributed by atoms with Gasteiger partial charge in [-0.2, -0.15) is 0 Å². The van der Waals surface area contributed by atoms with Crippen molar-refractivity contribution in [2.24, 2.45) is 5.92 Å². The van der Waals surface area contributed by atoms with Gasteiger partial charge in [0.2, 0.25) is 0 Å². The zero-order valence-corrected chi connectivity index (χ0v) is 14.1. The highest BCUT2D eigenvalue weighted by Gasteiger charge is 2.45. The minimum absolute atomic E-state index is 0.155. The van der Waals surface area contributed by atoms with Crippen LogP contribution in [0, 0.1) is 5.92 Å². The van der Waals surface area contributed by atoms with Gasteiger partial charge in [-0.15, -0.1) is 0 Å². The van der Waals surface area contributed by atoms with E-state index in [1.807, 2.05) is 0 Å². The molecular formula is C20H28O2. The molecule has 0 heterocycles. The standard InChI is InChI=1S/C20H28O2/c1-13(2)16-11-15(22-4)12-18-17(16)10-14-8-6-5-7-9-20(18,3)19(14)21/h11-12,14,19,21H,1,5-10H2,2-4H3. The van der Waals surface area contributed by atoms with E-state index in [1.54, 1.807) is 7.11 Å². The average molecular weight is 300 g/mol. The van der Waals surface area contributed by atoms with Crippen LogP contribution in [0.2, 0.25) is 0 Å². The maximum Gasteiger partial charge on any atom is 0.119 e. The van der Waals surface area contributed by atoms with Crippen molar-refractivity contribution in [3.63, 3.8) is 0 Å². The topological polar surface area (TPSA) is 29.5 Å². The van der Waals surface area contributed by atoms with E-state index >= 15 is 0 Å². The molecule has 1 saturated carbocycles. The van der Waals surface area contributed by atoms with Gasteiger partial charge in [0.15, 0.2) is 0 Å². The first kappa shape index (κ1) is 15.6. The van der Waals surface area contributed by atoms with E-state index in [4.69, 9.17) is 4.74 Å². The van der Waals surface area contributed by atoms with Crippen molar-refractivity contribution < 1.29 is 9.84 Å². The molecule has 1 fully saturated rings. The summed E-state index contributed by atoms with van der Waals surface area (Å²) < 4.78 is 5.52. The molecule has 3 rings (SSSR count). The Morgan fingerprint density at radius 3 is 2.77 bits per heavy atom. The SMILES string of the molecule is C=C(C)c1cc(OC)cc2c1CC1CCCCCC2(C)C1O. The van der Waals surface area contributed by atoms with Crippen LogP contribution in [0.25, 0.3) is 5.57 Å². The molecule has 0 spiro atoms. The molecule has 120 valence electrons. The van der Waals surface area contributed by atoms with E-state index in [-0.39, 0.29) is 11.5 Å². The van der Waals surface area contributed by atoms with Crippen LogP contribution in [0.4, 0.5) is 0 Å². The predicted molar refractivity (Wildman–Crippen MR) is 91.3 cm³/mol. The quantitative estimate of drug-likeness (QED) is 0.872. The largest absolute Gasteiger partial charge is 0.497 e. The zero-order chi connectivity index (χ0) is 15.9. The molecule has 2 aliphatic rings. The third-order valence-electron chi connectivity index (χ3n) is 5.87. The van der Waals surface area contributed by atoms with Crippen molar-refractivity contribution in [1.29, 1.82) is 0 Å². The Morgan fingerprint density at radius 2 is 2.09 bits per heavy atom. The Bertz CT molecular complexity index is 590. The van der Waals surface area contributed by atoms with E-state index in [0.29, 0.717) is 5.92 Å². The molecule has 0 amide bonds. The summed E-state index contributed by atoms with van der Waals surface area (Å²) in [5, 5.41) is 11.0. The molecule has 2 bridgehead atoms. The molecule has 0 aromatic heterocycles. The lowest BCUT2D eigenvalue weighted by molar-refractivity contribution is 0.00878. The normalized spacial score (nSPS) is 30.9. The second-order valence-electron chi connectivity index (χ2n) is 7.41. The predicted octanol–water partition coefficient (Wildman–Crippen LogP) is 4.48.